The molecule has 4 rings (SSSR count). The quantitative estimate of drug-likeness (QED) is 0.421. The maximum absolute atomic E-state index is 12.8. The number of allylic oxidation sites excluding steroid dienone is 2. The highest BCUT2D eigenvalue weighted by atomic mass is 16.4. The summed E-state index contributed by atoms with van der Waals surface area (Å²) >= 11 is 0. The highest BCUT2D eigenvalue weighted by Crippen LogP contribution is 2.74. The first kappa shape index (κ1) is 25.3. The van der Waals surface area contributed by atoms with Crippen molar-refractivity contribution in [3.05, 3.63) is 11.6 Å². The van der Waals surface area contributed by atoms with E-state index in [1.807, 2.05) is 0 Å². The average molecular weight is 458 g/mol. The summed E-state index contributed by atoms with van der Waals surface area (Å²) < 4.78 is 0. The zero-order chi connectivity index (χ0) is 24.4. The van der Waals surface area contributed by atoms with E-state index in [0.717, 1.165) is 57.4 Å². The molecule has 0 aliphatic heterocycles. The largest absolute Gasteiger partial charge is 0.481 e. The fourth-order valence-electron chi connectivity index (χ4n) is 9.96. The van der Waals surface area contributed by atoms with Crippen LogP contribution in [0, 0.1) is 50.7 Å². The Hall–Kier alpha value is -0.830. The minimum atomic E-state index is -0.540. The predicted molar refractivity (Wildman–Crippen MR) is 137 cm³/mol. The summed E-state index contributed by atoms with van der Waals surface area (Å²) in [5, 5.41) is 10.5. The van der Waals surface area contributed by atoms with Crippen molar-refractivity contribution in [2.75, 3.05) is 6.54 Å². The van der Waals surface area contributed by atoms with E-state index in [0.29, 0.717) is 17.3 Å². The first-order chi connectivity index (χ1) is 15.3. The number of carboxylic acids is 1. The van der Waals surface area contributed by atoms with Crippen LogP contribution in [0.4, 0.5) is 0 Å². The Labute approximate surface area is 203 Å². The van der Waals surface area contributed by atoms with Crippen molar-refractivity contribution in [2.24, 2.45) is 56.5 Å². The highest BCUT2D eigenvalue weighted by molar-refractivity contribution is 5.76. The van der Waals surface area contributed by atoms with Crippen molar-refractivity contribution >= 4 is 5.97 Å². The summed E-state index contributed by atoms with van der Waals surface area (Å²) in [5.41, 5.74) is 7.90. The minimum absolute atomic E-state index is 0.110. The van der Waals surface area contributed by atoms with E-state index in [2.05, 4.69) is 54.5 Å². The van der Waals surface area contributed by atoms with Gasteiger partial charge in [-0.2, -0.15) is 0 Å². The summed E-state index contributed by atoms with van der Waals surface area (Å²) in [7, 11) is 0. The molecule has 0 amide bonds. The van der Waals surface area contributed by atoms with Gasteiger partial charge in [0.2, 0.25) is 0 Å². The second kappa shape index (κ2) is 8.10. The SMILES string of the molecule is CC(C)[C@@H]1CC[C@]2(C)[C@H](CC=C3C4CC(C)(C)CC[C@]4(C(=O)O)CC[C@]32C)[C@@]1(C)CCCN. The highest BCUT2D eigenvalue weighted by Gasteiger charge is 2.67. The molecule has 7 atom stereocenters. The van der Waals surface area contributed by atoms with Gasteiger partial charge in [-0.05, 0) is 116 Å². The number of nitrogens with two attached hydrogens (primary N) is 1. The van der Waals surface area contributed by atoms with Crippen molar-refractivity contribution in [1.29, 1.82) is 0 Å². The summed E-state index contributed by atoms with van der Waals surface area (Å²) in [5.74, 6) is 1.76. The van der Waals surface area contributed by atoms with E-state index >= 15 is 0 Å². The molecule has 1 unspecified atom stereocenters. The lowest BCUT2D eigenvalue weighted by molar-refractivity contribution is -0.175. The summed E-state index contributed by atoms with van der Waals surface area (Å²) in [6, 6.07) is 0. The molecule has 0 spiro atoms. The van der Waals surface area contributed by atoms with Gasteiger partial charge in [0.1, 0.15) is 0 Å². The van der Waals surface area contributed by atoms with Crippen LogP contribution in [0.2, 0.25) is 0 Å². The minimum Gasteiger partial charge on any atom is -0.481 e. The standard InChI is InChI=1S/C30H51NO2/c1-20(2)21-11-13-29(7)24(27(21,5)12-8-18-31)10-9-22-23-19-26(3,4)14-16-30(23,25(32)33)17-15-28(22,29)6/h9,20-21,23-24H,8,10-19,31H2,1-7H3,(H,32,33)/t21-,23?,24+,27-,28+,29+,30-/m0/s1. The molecule has 33 heavy (non-hydrogen) atoms. The van der Waals surface area contributed by atoms with Gasteiger partial charge in [0, 0.05) is 0 Å². The lowest BCUT2D eigenvalue weighted by atomic mass is 9.35. The van der Waals surface area contributed by atoms with Crippen LogP contribution >= 0.6 is 0 Å². The van der Waals surface area contributed by atoms with Gasteiger partial charge in [-0.3, -0.25) is 4.79 Å². The molecule has 4 aliphatic carbocycles. The Morgan fingerprint density at radius 1 is 1.09 bits per heavy atom. The molecule has 0 heterocycles. The lowest BCUT2D eigenvalue weighted by Gasteiger charge is -2.69. The lowest BCUT2D eigenvalue weighted by Crippen LogP contribution is -2.62. The normalized spacial score (nSPS) is 46.7. The van der Waals surface area contributed by atoms with Crippen LogP contribution in [0.1, 0.15) is 113 Å². The summed E-state index contributed by atoms with van der Waals surface area (Å²) in [6.45, 7) is 18.1. The van der Waals surface area contributed by atoms with Crippen molar-refractivity contribution < 1.29 is 9.90 Å². The van der Waals surface area contributed by atoms with Gasteiger partial charge in [0.05, 0.1) is 5.41 Å². The third-order valence-corrected chi connectivity index (χ3v) is 12.1. The van der Waals surface area contributed by atoms with Crippen molar-refractivity contribution in [3.8, 4) is 0 Å². The van der Waals surface area contributed by atoms with Gasteiger partial charge in [0.25, 0.3) is 0 Å². The Bertz CT molecular complexity index is 814. The van der Waals surface area contributed by atoms with Crippen LogP contribution in [-0.2, 0) is 4.79 Å². The Morgan fingerprint density at radius 3 is 2.36 bits per heavy atom. The first-order valence-electron chi connectivity index (χ1n) is 13.9. The van der Waals surface area contributed by atoms with Gasteiger partial charge in [-0.25, -0.2) is 0 Å². The van der Waals surface area contributed by atoms with Crippen LogP contribution in [0.5, 0.6) is 0 Å². The molecular weight excluding hydrogens is 406 g/mol. The van der Waals surface area contributed by atoms with Crippen molar-refractivity contribution in [2.45, 2.75) is 113 Å². The number of hydrogen-bond acceptors (Lipinski definition) is 2. The van der Waals surface area contributed by atoms with Gasteiger partial charge in [-0.15, -0.1) is 0 Å². The third kappa shape index (κ3) is 3.49. The average Bonchev–Trinajstić information content (AvgIpc) is 2.72. The van der Waals surface area contributed by atoms with E-state index in [4.69, 9.17) is 5.73 Å². The van der Waals surface area contributed by atoms with Crippen LogP contribution in [0.15, 0.2) is 11.6 Å². The van der Waals surface area contributed by atoms with E-state index < -0.39 is 11.4 Å². The van der Waals surface area contributed by atoms with Gasteiger partial charge in [0.15, 0.2) is 0 Å². The van der Waals surface area contributed by atoms with Crippen LogP contribution in [0.3, 0.4) is 0 Å². The zero-order valence-electron chi connectivity index (χ0n) is 22.6. The molecule has 3 fully saturated rings. The number of carbonyl (C=O) groups is 1. The maximum Gasteiger partial charge on any atom is 0.310 e. The fourth-order valence-corrected chi connectivity index (χ4v) is 9.96. The van der Waals surface area contributed by atoms with E-state index in [1.54, 1.807) is 0 Å². The molecular formula is C30H51NO2. The molecule has 188 valence electrons. The number of aliphatic carboxylic acids is 1. The molecule has 3 saturated carbocycles. The molecule has 3 nitrogen and oxygen atoms in total. The van der Waals surface area contributed by atoms with E-state index in [1.165, 1.54) is 24.8 Å². The molecule has 0 bridgehead atoms. The van der Waals surface area contributed by atoms with E-state index in [9.17, 15) is 9.90 Å². The number of rotatable bonds is 5. The summed E-state index contributed by atoms with van der Waals surface area (Å²) in [4.78, 5) is 12.8. The molecule has 3 heteroatoms. The second-order valence-corrected chi connectivity index (χ2v) is 14.4. The number of fused-ring (bicyclic) bond motifs is 5. The molecule has 0 radical (unpaired) electrons. The number of hydrogen-bond donors (Lipinski definition) is 2. The zero-order valence-corrected chi connectivity index (χ0v) is 22.6. The van der Waals surface area contributed by atoms with E-state index in [-0.39, 0.29) is 22.2 Å². The predicted octanol–water partition coefficient (Wildman–Crippen LogP) is 7.45. The second-order valence-electron chi connectivity index (χ2n) is 14.4. The van der Waals surface area contributed by atoms with Crippen LogP contribution < -0.4 is 5.73 Å². The third-order valence-electron chi connectivity index (χ3n) is 12.1. The van der Waals surface area contributed by atoms with Crippen LogP contribution in [0.25, 0.3) is 0 Å². The topological polar surface area (TPSA) is 63.3 Å². The van der Waals surface area contributed by atoms with Crippen molar-refractivity contribution in [1.82, 2.24) is 0 Å². The fraction of sp³-hybridized carbons (Fsp3) is 0.900. The Morgan fingerprint density at radius 2 is 1.76 bits per heavy atom. The molecule has 0 aromatic heterocycles. The Balaban J connectivity index is 1.81. The monoisotopic (exact) mass is 457 g/mol. The van der Waals surface area contributed by atoms with Gasteiger partial charge >= 0.3 is 5.97 Å². The summed E-state index contributed by atoms with van der Waals surface area (Å²) in [6.07, 6.45) is 13.4. The van der Waals surface area contributed by atoms with Gasteiger partial charge < -0.3 is 10.8 Å². The number of carboxylic acid groups (broad SMARTS) is 1. The van der Waals surface area contributed by atoms with Crippen LogP contribution in [-0.4, -0.2) is 17.6 Å². The smallest absolute Gasteiger partial charge is 0.310 e. The Kier molecular flexibility index (Phi) is 6.21. The van der Waals surface area contributed by atoms with Crippen molar-refractivity contribution in [3.63, 3.8) is 0 Å². The molecule has 3 N–H and O–H groups in total. The van der Waals surface area contributed by atoms with Gasteiger partial charge in [-0.1, -0.05) is 60.1 Å². The first-order valence-corrected chi connectivity index (χ1v) is 13.9. The molecule has 4 aliphatic rings. The molecule has 0 aromatic carbocycles. The molecule has 0 saturated heterocycles. The molecule has 0 aromatic rings. The maximum atomic E-state index is 12.8.